The van der Waals surface area contributed by atoms with Crippen molar-refractivity contribution in [3.8, 4) is 0 Å². The van der Waals surface area contributed by atoms with Crippen LogP contribution in [0.1, 0.15) is 26.3 Å². The Morgan fingerprint density at radius 3 is 2.43 bits per heavy atom. The minimum absolute atomic E-state index is 0.0408. The van der Waals surface area contributed by atoms with Gasteiger partial charge in [0.15, 0.2) is 5.58 Å². The highest BCUT2D eigenvalue weighted by molar-refractivity contribution is 5.76. The van der Waals surface area contributed by atoms with E-state index in [0.717, 1.165) is 5.52 Å². The van der Waals surface area contributed by atoms with Crippen molar-refractivity contribution in [2.45, 2.75) is 26.2 Å². The third kappa shape index (κ3) is 3.15. The number of fused-ring (bicyclic) bond motifs is 1. The van der Waals surface area contributed by atoms with Crippen molar-refractivity contribution < 1.29 is 9.34 Å². The van der Waals surface area contributed by atoms with Crippen LogP contribution in [0.3, 0.4) is 0 Å². The molecular weight excluding hydrogens is 294 g/mol. The second-order valence-electron chi connectivity index (χ2n) is 6.38. The maximum absolute atomic E-state index is 10.7. The molecule has 3 rings (SSSR count). The lowest BCUT2D eigenvalue weighted by Gasteiger charge is -2.18. The summed E-state index contributed by atoms with van der Waals surface area (Å²) in [7, 11) is 0. The lowest BCUT2D eigenvalue weighted by atomic mass is 9.87. The number of nitrogens with zero attached hydrogens (tertiary/aromatic N) is 2. The molecule has 0 saturated carbocycles. The van der Waals surface area contributed by atoms with E-state index in [-0.39, 0.29) is 11.1 Å². The minimum atomic E-state index is -0.433. The van der Waals surface area contributed by atoms with Gasteiger partial charge in [-0.25, -0.2) is 0 Å². The molecule has 6 heteroatoms. The molecule has 1 N–H and O–H groups in total. The van der Waals surface area contributed by atoms with Gasteiger partial charge in [0.05, 0.1) is 4.92 Å². The molecule has 0 aliphatic heterocycles. The van der Waals surface area contributed by atoms with Gasteiger partial charge < -0.3 is 9.73 Å². The average Bonchev–Trinajstić information content (AvgIpc) is 2.88. The second-order valence-corrected chi connectivity index (χ2v) is 6.38. The quantitative estimate of drug-likeness (QED) is 0.556. The summed E-state index contributed by atoms with van der Waals surface area (Å²) in [5.41, 5.74) is 3.42. The van der Waals surface area contributed by atoms with Crippen LogP contribution in [0.5, 0.6) is 0 Å². The zero-order valence-electron chi connectivity index (χ0n) is 13.2. The Morgan fingerprint density at radius 1 is 1.13 bits per heavy atom. The van der Waals surface area contributed by atoms with Crippen molar-refractivity contribution in [2.24, 2.45) is 0 Å². The minimum Gasteiger partial charge on any atom is -0.423 e. The number of nitrogens with one attached hydrogen (secondary N) is 1. The van der Waals surface area contributed by atoms with Crippen molar-refractivity contribution in [3.05, 3.63) is 58.1 Å². The third-order valence-electron chi connectivity index (χ3n) is 3.58. The number of nitro groups is 1. The number of nitro benzene ring substituents is 1. The number of rotatable bonds is 3. The highest BCUT2D eigenvalue weighted by atomic mass is 16.6. The largest absolute Gasteiger partial charge is 0.423 e. The Labute approximate surface area is 133 Å². The van der Waals surface area contributed by atoms with E-state index in [9.17, 15) is 10.1 Å². The van der Waals surface area contributed by atoms with Crippen LogP contribution in [0.25, 0.3) is 11.1 Å². The maximum Gasteiger partial charge on any atom is 0.300 e. The van der Waals surface area contributed by atoms with Crippen molar-refractivity contribution in [1.29, 1.82) is 0 Å². The maximum atomic E-state index is 10.7. The Morgan fingerprint density at radius 2 is 1.83 bits per heavy atom. The van der Waals surface area contributed by atoms with Crippen LogP contribution in [0.4, 0.5) is 17.4 Å². The van der Waals surface area contributed by atoms with E-state index in [2.05, 4.69) is 31.1 Å². The van der Waals surface area contributed by atoms with E-state index in [1.165, 1.54) is 17.7 Å². The zero-order valence-corrected chi connectivity index (χ0v) is 13.2. The molecule has 0 saturated heterocycles. The van der Waals surface area contributed by atoms with Crippen LogP contribution in [-0.4, -0.2) is 9.91 Å². The van der Waals surface area contributed by atoms with Gasteiger partial charge in [-0.2, -0.15) is 4.98 Å². The van der Waals surface area contributed by atoms with Crippen molar-refractivity contribution in [1.82, 2.24) is 4.98 Å². The first kappa shape index (κ1) is 15.0. The number of oxazole rings is 1. The number of non-ortho nitro benzene ring substituents is 1. The summed E-state index contributed by atoms with van der Waals surface area (Å²) in [5, 5.41) is 13.7. The van der Waals surface area contributed by atoms with E-state index < -0.39 is 4.92 Å². The van der Waals surface area contributed by atoms with E-state index in [4.69, 9.17) is 4.42 Å². The molecule has 0 amide bonds. The molecular formula is C17H17N3O3. The van der Waals surface area contributed by atoms with Gasteiger partial charge in [-0.15, -0.1) is 0 Å². The first-order valence-corrected chi connectivity index (χ1v) is 7.25. The lowest BCUT2D eigenvalue weighted by molar-refractivity contribution is -0.384. The molecule has 23 heavy (non-hydrogen) atoms. The fourth-order valence-corrected chi connectivity index (χ4v) is 2.24. The molecule has 2 aromatic carbocycles. The summed E-state index contributed by atoms with van der Waals surface area (Å²) in [6.07, 6.45) is 0. The molecule has 0 atom stereocenters. The Bertz CT molecular complexity index is 861. The van der Waals surface area contributed by atoms with Crippen LogP contribution in [0.15, 0.2) is 46.9 Å². The number of hydrogen-bond acceptors (Lipinski definition) is 5. The second kappa shape index (κ2) is 5.39. The number of aromatic nitrogens is 1. The van der Waals surface area contributed by atoms with Crippen LogP contribution in [0.2, 0.25) is 0 Å². The molecule has 0 bridgehead atoms. The standard InChI is InChI=1S/C17H17N3O3/c1-17(2,3)11-4-9-15-14(10-11)19-16(23-15)18-12-5-7-13(8-6-12)20(21)22/h4-10H,1-3H3,(H,18,19). The summed E-state index contributed by atoms with van der Waals surface area (Å²) in [6.45, 7) is 6.43. The molecule has 1 heterocycles. The number of anilines is 2. The average molecular weight is 311 g/mol. The van der Waals surface area contributed by atoms with Gasteiger partial charge in [0.25, 0.3) is 11.7 Å². The fraction of sp³-hybridized carbons (Fsp3) is 0.235. The van der Waals surface area contributed by atoms with Crippen molar-refractivity contribution in [3.63, 3.8) is 0 Å². The summed E-state index contributed by atoms with van der Waals surface area (Å²) < 4.78 is 5.66. The fourth-order valence-electron chi connectivity index (χ4n) is 2.24. The molecule has 1 aromatic heterocycles. The van der Waals surface area contributed by atoms with Crippen LogP contribution in [-0.2, 0) is 5.41 Å². The molecule has 0 aliphatic rings. The molecule has 0 radical (unpaired) electrons. The van der Waals surface area contributed by atoms with Gasteiger partial charge in [-0.1, -0.05) is 26.8 Å². The third-order valence-corrected chi connectivity index (χ3v) is 3.58. The molecule has 0 aliphatic carbocycles. The summed E-state index contributed by atoms with van der Waals surface area (Å²) in [5.74, 6) is 0. The van der Waals surface area contributed by atoms with E-state index in [1.54, 1.807) is 12.1 Å². The highest BCUT2D eigenvalue weighted by Gasteiger charge is 2.16. The Kier molecular flexibility index (Phi) is 3.52. The van der Waals surface area contributed by atoms with Gasteiger partial charge in [0, 0.05) is 17.8 Å². The first-order chi connectivity index (χ1) is 10.8. The predicted molar refractivity (Wildman–Crippen MR) is 89.1 cm³/mol. The number of hydrogen-bond donors (Lipinski definition) is 1. The SMILES string of the molecule is CC(C)(C)c1ccc2oc(Nc3ccc([N+](=O)[O-])cc3)nc2c1. The normalized spacial score (nSPS) is 11.6. The zero-order chi connectivity index (χ0) is 16.6. The van der Waals surface area contributed by atoms with E-state index in [0.29, 0.717) is 17.3 Å². The summed E-state index contributed by atoms with van der Waals surface area (Å²) in [4.78, 5) is 14.6. The molecule has 0 fully saturated rings. The Hall–Kier alpha value is -2.89. The first-order valence-electron chi connectivity index (χ1n) is 7.25. The van der Waals surface area contributed by atoms with Crippen LogP contribution < -0.4 is 5.32 Å². The molecule has 118 valence electrons. The molecule has 0 unspecified atom stereocenters. The highest BCUT2D eigenvalue weighted by Crippen LogP contribution is 2.28. The molecule has 3 aromatic rings. The summed E-state index contributed by atoms with van der Waals surface area (Å²) >= 11 is 0. The van der Waals surface area contributed by atoms with Gasteiger partial charge in [-0.05, 0) is 35.2 Å². The van der Waals surface area contributed by atoms with Crippen molar-refractivity contribution in [2.75, 3.05) is 5.32 Å². The Balaban J connectivity index is 1.87. The van der Waals surface area contributed by atoms with Gasteiger partial charge >= 0.3 is 0 Å². The van der Waals surface area contributed by atoms with Gasteiger partial charge in [-0.3, -0.25) is 10.1 Å². The van der Waals surface area contributed by atoms with E-state index >= 15 is 0 Å². The molecule has 0 spiro atoms. The summed E-state index contributed by atoms with van der Waals surface area (Å²) in [6, 6.07) is 12.4. The van der Waals surface area contributed by atoms with Crippen LogP contribution in [0, 0.1) is 10.1 Å². The van der Waals surface area contributed by atoms with Crippen LogP contribution >= 0.6 is 0 Å². The van der Waals surface area contributed by atoms with Crippen molar-refractivity contribution >= 4 is 28.5 Å². The molecule has 6 nitrogen and oxygen atoms in total. The van der Waals surface area contributed by atoms with Gasteiger partial charge in [0.1, 0.15) is 5.52 Å². The predicted octanol–water partition coefficient (Wildman–Crippen LogP) is 4.78. The smallest absolute Gasteiger partial charge is 0.300 e. The lowest BCUT2D eigenvalue weighted by Crippen LogP contribution is -2.10. The van der Waals surface area contributed by atoms with E-state index in [1.807, 2.05) is 18.2 Å². The monoisotopic (exact) mass is 311 g/mol. The topological polar surface area (TPSA) is 81.2 Å². The van der Waals surface area contributed by atoms with Gasteiger partial charge in [0.2, 0.25) is 0 Å². The number of benzene rings is 2.